The second-order valence-corrected chi connectivity index (χ2v) is 5.96. The standard InChI is InChI=1S/C17H30N4/c1-4-9-18-13-15-6-10-19-14-17(15)20(3)16-7-11-21(5-2)12-8-16/h6,10,14,16,18H,4-5,7-9,11-13H2,1-3H3. The highest BCUT2D eigenvalue weighted by Gasteiger charge is 2.23. The van der Waals surface area contributed by atoms with Crippen LogP contribution in [-0.2, 0) is 6.54 Å². The number of hydrogen-bond donors (Lipinski definition) is 1. The maximum Gasteiger partial charge on any atom is 0.0598 e. The fourth-order valence-corrected chi connectivity index (χ4v) is 3.10. The van der Waals surface area contributed by atoms with Gasteiger partial charge in [0.2, 0.25) is 0 Å². The first-order valence-electron chi connectivity index (χ1n) is 8.35. The lowest BCUT2D eigenvalue weighted by molar-refractivity contribution is 0.220. The van der Waals surface area contributed by atoms with E-state index in [1.807, 2.05) is 12.4 Å². The molecule has 2 heterocycles. The summed E-state index contributed by atoms with van der Waals surface area (Å²) in [4.78, 5) is 9.33. The Kier molecular flexibility index (Phi) is 6.46. The van der Waals surface area contributed by atoms with Gasteiger partial charge < -0.3 is 15.1 Å². The van der Waals surface area contributed by atoms with Crippen LogP contribution >= 0.6 is 0 Å². The van der Waals surface area contributed by atoms with Crippen molar-refractivity contribution in [3.05, 3.63) is 24.0 Å². The van der Waals surface area contributed by atoms with Crippen molar-refractivity contribution in [3.8, 4) is 0 Å². The van der Waals surface area contributed by atoms with Gasteiger partial charge >= 0.3 is 0 Å². The highest BCUT2D eigenvalue weighted by molar-refractivity contribution is 5.52. The Morgan fingerprint density at radius 2 is 2.10 bits per heavy atom. The first-order chi connectivity index (χ1) is 10.3. The molecule has 1 saturated heterocycles. The largest absolute Gasteiger partial charge is 0.370 e. The lowest BCUT2D eigenvalue weighted by Gasteiger charge is -2.38. The molecule has 4 heteroatoms. The molecule has 0 radical (unpaired) electrons. The van der Waals surface area contributed by atoms with Crippen LogP contribution in [0.3, 0.4) is 0 Å². The zero-order chi connectivity index (χ0) is 15.1. The number of hydrogen-bond acceptors (Lipinski definition) is 4. The molecule has 0 aromatic carbocycles. The van der Waals surface area contributed by atoms with Crippen molar-refractivity contribution >= 4 is 5.69 Å². The van der Waals surface area contributed by atoms with Gasteiger partial charge in [0.25, 0.3) is 0 Å². The summed E-state index contributed by atoms with van der Waals surface area (Å²) in [5.74, 6) is 0. The minimum atomic E-state index is 0.641. The minimum absolute atomic E-state index is 0.641. The number of piperidine rings is 1. The number of rotatable bonds is 7. The molecule has 0 aliphatic carbocycles. The van der Waals surface area contributed by atoms with E-state index < -0.39 is 0 Å². The summed E-state index contributed by atoms with van der Waals surface area (Å²) in [6.07, 6.45) is 7.60. The second kappa shape index (κ2) is 8.35. The molecule has 118 valence electrons. The second-order valence-electron chi connectivity index (χ2n) is 5.96. The van der Waals surface area contributed by atoms with Crippen LogP contribution in [0, 0.1) is 0 Å². The molecule has 0 saturated carbocycles. The van der Waals surface area contributed by atoms with Gasteiger partial charge in [-0.25, -0.2) is 0 Å². The van der Waals surface area contributed by atoms with Gasteiger partial charge in [-0.05, 0) is 44.0 Å². The van der Waals surface area contributed by atoms with Gasteiger partial charge in [-0.3, -0.25) is 4.98 Å². The van der Waals surface area contributed by atoms with Gasteiger partial charge in [-0.15, -0.1) is 0 Å². The lowest BCUT2D eigenvalue weighted by Crippen LogP contribution is -2.43. The van der Waals surface area contributed by atoms with Gasteiger partial charge in [0.05, 0.1) is 11.9 Å². The number of pyridine rings is 1. The Morgan fingerprint density at radius 3 is 2.76 bits per heavy atom. The van der Waals surface area contributed by atoms with Crippen LogP contribution in [0.4, 0.5) is 5.69 Å². The average molecular weight is 290 g/mol. The van der Waals surface area contributed by atoms with E-state index in [1.54, 1.807) is 0 Å². The molecule has 1 aromatic rings. The molecule has 1 aromatic heterocycles. The van der Waals surface area contributed by atoms with E-state index in [9.17, 15) is 0 Å². The molecule has 0 bridgehead atoms. The van der Waals surface area contributed by atoms with Crippen LogP contribution in [0.1, 0.15) is 38.7 Å². The summed E-state index contributed by atoms with van der Waals surface area (Å²) in [6.45, 7) is 10.1. The van der Waals surface area contributed by atoms with Crippen LogP contribution in [0.5, 0.6) is 0 Å². The summed E-state index contributed by atoms with van der Waals surface area (Å²) in [7, 11) is 2.23. The first kappa shape index (κ1) is 16.2. The van der Waals surface area contributed by atoms with Gasteiger partial charge in [0.15, 0.2) is 0 Å². The number of likely N-dealkylation sites (tertiary alicyclic amines) is 1. The molecule has 1 aliphatic rings. The summed E-state index contributed by atoms with van der Waals surface area (Å²) < 4.78 is 0. The van der Waals surface area contributed by atoms with E-state index in [2.05, 4.69) is 47.1 Å². The summed E-state index contributed by atoms with van der Waals surface area (Å²) in [5, 5.41) is 3.50. The molecule has 0 atom stereocenters. The van der Waals surface area contributed by atoms with E-state index in [4.69, 9.17) is 0 Å². The fourth-order valence-electron chi connectivity index (χ4n) is 3.10. The monoisotopic (exact) mass is 290 g/mol. The van der Waals surface area contributed by atoms with Crippen LogP contribution in [0.15, 0.2) is 18.5 Å². The van der Waals surface area contributed by atoms with Gasteiger partial charge in [0.1, 0.15) is 0 Å². The number of nitrogens with one attached hydrogen (secondary N) is 1. The van der Waals surface area contributed by atoms with E-state index in [1.165, 1.54) is 50.1 Å². The fraction of sp³-hybridized carbons (Fsp3) is 0.706. The van der Waals surface area contributed by atoms with E-state index in [0.29, 0.717) is 6.04 Å². The number of nitrogens with zero attached hydrogens (tertiary/aromatic N) is 3. The minimum Gasteiger partial charge on any atom is -0.370 e. The Balaban J connectivity index is 2.00. The third-order valence-electron chi connectivity index (χ3n) is 4.56. The Bertz CT molecular complexity index is 413. The van der Waals surface area contributed by atoms with Crippen molar-refractivity contribution in [2.45, 2.75) is 45.7 Å². The normalized spacial score (nSPS) is 17.1. The molecule has 1 fully saturated rings. The molecule has 1 aliphatic heterocycles. The van der Waals surface area contributed by atoms with Crippen molar-refractivity contribution in [1.29, 1.82) is 0 Å². The number of aromatic nitrogens is 1. The van der Waals surface area contributed by atoms with Crippen molar-refractivity contribution < 1.29 is 0 Å². The van der Waals surface area contributed by atoms with Crippen molar-refractivity contribution in [1.82, 2.24) is 15.2 Å². The predicted molar refractivity (Wildman–Crippen MR) is 89.8 cm³/mol. The van der Waals surface area contributed by atoms with Gasteiger partial charge in [0, 0.05) is 38.9 Å². The van der Waals surface area contributed by atoms with Crippen LogP contribution in [0.2, 0.25) is 0 Å². The zero-order valence-corrected chi connectivity index (χ0v) is 13.8. The molecule has 0 amide bonds. The summed E-state index contributed by atoms with van der Waals surface area (Å²) in [6, 6.07) is 2.79. The Hall–Kier alpha value is -1.13. The lowest BCUT2D eigenvalue weighted by atomic mass is 10.0. The molecule has 0 unspecified atom stereocenters. The average Bonchev–Trinajstić information content (AvgIpc) is 2.55. The predicted octanol–water partition coefficient (Wildman–Crippen LogP) is 2.50. The maximum atomic E-state index is 4.34. The molecular weight excluding hydrogens is 260 g/mol. The van der Waals surface area contributed by atoms with Crippen LogP contribution in [-0.4, -0.2) is 49.2 Å². The Morgan fingerprint density at radius 1 is 1.33 bits per heavy atom. The maximum absolute atomic E-state index is 4.34. The van der Waals surface area contributed by atoms with Crippen molar-refractivity contribution in [2.24, 2.45) is 0 Å². The zero-order valence-electron chi connectivity index (χ0n) is 13.8. The van der Waals surface area contributed by atoms with E-state index >= 15 is 0 Å². The quantitative estimate of drug-likeness (QED) is 0.782. The molecule has 4 nitrogen and oxygen atoms in total. The molecule has 21 heavy (non-hydrogen) atoms. The van der Waals surface area contributed by atoms with E-state index in [0.717, 1.165) is 13.1 Å². The SMILES string of the molecule is CCCNCc1ccncc1N(C)C1CCN(CC)CC1. The number of anilines is 1. The van der Waals surface area contributed by atoms with Crippen LogP contribution in [0.25, 0.3) is 0 Å². The van der Waals surface area contributed by atoms with Crippen molar-refractivity contribution in [2.75, 3.05) is 38.1 Å². The van der Waals surface area contributed by atoms with E-state index in [-0.39, 0.29) is 0 Å². The third-order valence-corrected chi connectivity index (χ3v) is 4.56. The molecule has 0 spiro atoms. The summed E-state index contributed by atoms with van der Waals surface area (Å²) in [5.41, 5.74) is 2.65. The topological polar surface area (TPSA) is 31.4 Å². The van der Waals surface area contributed by atoms with Gasteiger partial charge in [-0.1, -0.05) is 13.8 Å². The molecular formula is C17H30N4. The molecule has 1 N–H and O–H groups in total. The van der Waals surface area contributed by atoms with Crippen molar-refractivity contribution in [3.63, 3.8) is 0 Å². The molecule has 2 rings (SSSR count). The Labute approximate surface area is 129 Å². The van der Waals surface area contributed by atoms with Gasteiger partial charge in [-0.2, -0.15) is 0 Å². The highest BCUT2D eigenvalue weighted by Crippen LogP contribution is 2.24. The first-order valence-corrected chi connectivity index (χ1v) is 8.35. The highest BCUT2D eigenvalue weighted by atomic mass is 15.2. The summed E-state index contributed by atoms with van der Waals surface area (Å²) >= 11 is 0. The smallest absolute Gasteiger partial charge is 0.0598 e. The van der Waals surface area contributed by atoms with Crippen LogP contribution < -0.4 is 10.2 Å². The third kappa shape index (κ3) is 4.42.